The molecular formula is C11H15ClF3NO3S. The molecule has 2 heterocycles. The number of hydrogen-bond donors (Lipinski definition) is 0. The molecule has 0 saturated carbocycles. The van der Waals surface area contributed by atoms with Crippen molar-refractivity contribution in [1.29, 1.82) is 0 Å². The lowest BCUT2D eigenvalue weighted by Crippen LogP contribution is -2.53. The number of hydrogen-bond acceptors (Lipinski definition) is 3. The van der Waals surface area contributed by atoms with Crippen molar-refractivity contribution in [1.82, 2.24) is 4.90 Å². The van der Waals surface area contributed by atoms with Crippen LogP contribution in [0.2, 0.25) is 0 Å². The number of carbonyl (C=O) groups excluding carboxylic acids is 1. The molecule has 20 heavy (non-hydrogen) atoms. The molecule has 0 aromatic rings. The van der Waals surface area contributed by atoms with E-state index < -0.39 is 51.1 Å². The highest BCUT2D eigenvalue weighted by Crippen LogP contribution is 2.53. The molecule has 0 aliphatic carbocycles. The van der Waals surface area contributed by atoms with Gasteiger partial charge in [-0.1, -0.05) is 0 Å². The van der Waals surface area contributed by atoms with Crippen LogP contribution in [0.15, 0.2) is 0 Å². The topological polar surface area (TPSA) is 54.5 Å². The predicted octanol–water partition coefficient (Wildman–Crippen LogP) is 1.58. The molecule has 2 aliphatic heterocycles. The predicted molar refractivity (Wildman–Crippen MR) is 67.2 cm³/mol. The smallest absolute Gasteiger partial charge is 0.339 e. The molecule has 4 nitrogen and oxygen atoms in total. The summed E-state index contributed by atoms with van der Waals surface area (Å²) in [5.74, 6) is -0.909. The summed E-state index contributed by atoms with van der Waals surface area (Å²) in [5, 5.41) is -2.54. The van der Waals surface area contributed by atoms with Gasteiger partial charge in [-0.2, -0.15) is 13.2 Å². The minimum atomic E-state index is -4.66. The zero-order valence-corrected chi connectivity index (χ0v) is 12.4. The number of likely N-dealkylation sites (tertiary alicyclic amines) is 1. The van der Waals surface area contributed by atoms with Crippen LogP contribution < -0.4 is 0 Å². The fourth-order valence-corrected chi connectivity index (χ4v) is 5.53. The summed E-state index contributed by atoms with van der Waals surface area (Å²) in [6.07, 6.45) is -4.95. The maximum atomic E-state index is 13.4. The number of sulfone groups is 1. The molecule has 0 aromatic heterocycles. The largest absolute Gasteiger partial charge is 0.397 e. The average molecular weight is 334 g/mol. The summed E-state index contributed by atoms with van der Waals surface area (Å²) >= 11 is 5.61. The molecule has 0 radical (unpaired) electrons. The van der Waals surface area contributed by atoms with Crippen molar-refractivity contribution in [3.05, 3.63) is 0 Å². The van der Waals surface area contributed by atoms with Crippen molar-refractivity contribution in [3.63, 3.8) is 0 Å². The standard InChI is InChI=1S/C11H15ClF3NO3S/c1-7(12)9(17)16-5-8-10(6-16,11(13,14)15)3-2-4-20(8,18)19/h7-8H,2-6H2,1H3/t7?,8-,10-/m1/s1. The second-order valence-corrected chi connectivity index (χ2v) is 8.41. The van der Waals surface area contributed by atoms with Crippen LogP contribution in [0, 0.1) is 5.41 Å². The van der Waals surface area contributed by atoms with Gasteiger partial charge in [0.1, 0.15) is 10.8 Å². The van der Waals surface area contributed by atoms with E-state index >= 15 is 0 Å². The van der Waals surface area contributed by atoms with Crippen LogP contribution in [-0.4, -0.2) is 54.9 Å². The summed E-state index contributed by atoms with van der Waals surface area (Å²) in [6, 6.07) is 0. The van der Waals surface area contributed by atoms with Crippen molar-refractivity contribution in [2.45, 2.75) is 36.6 Å². The second-order valence-electron chi connectivity index (χ2n) is 5.45. The summed E-state index contributed by atoms with van der Waals surface area (Å²) in [4.78, 5) is 12.7. The van der Waals surface area contributed by atoms with Gasteiger partial charge in [-0.15, -0.1) is 11.6 Å². The van der Waals surface area contributed by atoms with Crippen molar-refractivity contribution in [3.8, 4) is 0 Å². The van der Waals surface area contributed by atoms with Crippen LogP contribution in [-0.2, 0) is 14.6 Å². The Morgan fingerprint density at radius 1 is 1.45 bits per heavy atom. The van der Waals surface area contributed by atoms with E-state index in [0.717, 1.165) is 4.90 Å². The summed E-state index contributed by atoms with van der Waals surface area (Å²) in [6.45, 7) is 0.328. The lowest BCUT2D eigenvalue weighted by molar-refractivity contribution is -0.221. The third kappa shape index (κ3) is 2.30. The Hall–Kier alpha value is -0.500. The summed E-state index contributed by atoms with van der Waals surface area (Å²) in [7, 11) is -3.85. The van der Waals surface area contributed by atoms with Gasteiger partial charge >= 0.3 is 6.18 Å². The van der Waals surface area contributed by atoms with E-state index in [-0.39, 0.29) is 18.6 Å². The molecule has 0 bridgehead atoms. The van der Waals surface area contributed by atoms with E-state index in [1.807, 2.05) is 0 Å². The molecule has 0 spiro atoms. The minimum Gasteiger partial charge on any atom is -0.339 e. The Bertz CT molecular complexity index is 519. The first-order valence-corrected chi connectivity index (χ1v) is 8.37. The molecule has 0 aromatic carbocycles. The number of carbonyl (C=O) groups is 1. The van der Waals surface area contributed by atoms with Crippen molar-refractivity contribution in [2.24, 2.45) is 5.41 Å². The van der Waals surface area contributed by atoms with Crippen LogP contribution in [0.4, 0.5) is 13.2 Å². The van der Waals surface area contributed by atoms with Gasteiger partial charge in [0.25, 0.3) is 0 Å². The Kier molecular flexibility index (Phi) is 3.78. The molecule has 3 atom stereocenters. The maximum absolute atomic E-state index is 13.4. The SMILES string of the molecule is CC(Cl)C(=O)N1C[C@@H]2[C@@](C(F)(F)F)(CCCS2(=O)=O)C1. The van der Waals surface area contributed by atoms with Crippen LogP contribution in [0.3, 0.4) is 0 Å². The molecule has 1 unspecified atom stereocenters. The molecule has 2 fully saturated rings. The molecule has 1 amide bonds. The molecule has 2 saturated heterocycles. The van der Waals surface area contributed by atoms with Gasteiger partial charge in [-0.3, -0.25) is 4.79 Å². The number of alkyl halides is 4. The van der Waals surface area contributed by atoms with Crippen LogP contribution in [0.25, 0.3) is 0 Å². The van der Waals surface area contributed by atoms with Crippen molar-refractivity contribution in [2.75, 3.05) is 18.8 Å². The molecule has 9 heteroatoms. The van der Waals surface area contributed by atoms with E-state index in [9.17, 15) is 26.4 Å². The van der Waals surface area contributed by atoms with Gasteiger partial charge in [0.15, 0.2) is 9.84 Å². The van der Waals surface area contributed by atoms with Crippen LogP contribution >= 0.6 is 11.6 Å². The Morgan fingerprint density at radius 3 is 2.50 bits per heavy atom. The first kappa shape index (κ1) is 15.9. The number of nitrogens with zero attached hydrogens (tertiary/aromatic N) is 1. The second kappa shape index (κ2) is 4.76. The van der Waals surface area contributed by atoms with Gasteiger partial charge in [-0.05, 0) is 19.8 Å². The van der Waals surface area contributed by atoms with Gasteiger partial charge in [0, 0.05) is 13.1 Å². The quantitative estimate of drug-likeness (QED) is 0.685. The Morgan fingerprint density at radius 2 is 2.05 bits per heavy atom. The average Bonchev–Trinajstić information content (AvgIpc) is 2.69. The zero-order valence-electron chi connectivity index (χ0n) is 10.8. The van der Waals surface area contributed by atoms with Gasteiger partial charge in [-0.25, -0.2) is 8.42 Å². The zero-order chi connectivity index (χ0) is 15.3. The van der Waals surface area contributed by atoms with Gasteiger partial charge in [0.05, 0.1) is 11.0 Å². The summed E-state index contributed by atoms with van der Waals surface area (Å²) < 4.78 is 64.3. The third-order valence-corrected chi connectivity index (χ3v) is 6.69. The number of amides is 1. The highest BCUT2D eigenvalue weighted by atomic mass is 35.5. The van der Waals surface area contributed by atoms with Crippen LogP contribution in [0.5, 0.6) is 0 Å². The minimum absolute atomic E-state index is 0.0310. The van der Waals surface area contributed by atoms with E-state index in [1.165, 1.54) is 6.92 Å². The number of halogens is 4. The highest BCUT2D eigenvalue weighted by molar-refractivity contribution is 7.92. The molecule has 116 valence electrons. The van der Waals surface area contributed by atoms with Gasteiger partial charge < -0.3 is 4.90 Å². The number of fused-ring (bicyclic) bond motifs is 1. The first-order chi connectivity index (χ1) is 9.01. The van der Waals surface area contributed by atoms with Crippen molar-refractivity contribution >= 4 is 27.3 Å². The summed E-state index contributed by atoms with van der Waals surface area (Å²) in [5.41, 5.74) is -2.34. The monoisotopic (exact) mass is 333 g/mol. The fourth-order valence-electron chi connectivity index (χ4n) is 3.14. The fraction of sp³-hybridized carbons (Fsp3) is 0.909. The van der Waals surface area contributed by atoms with E-state index in [2.05, 4.69) is 0 Å². The molecule has 0 N–H and O–H groups in total. The first-order valence-electron chi connectivity index (χ1n) is 6.22. The Labute approximate surface area is 120 Å². The third-order valence-electron chi connectivity index (χ3n) is 4.18. The van der Waals surface area contributed by atoms with E-state index in [4.69, 9.17) is 11.6 Å². The molecule has 2 rings (SSSR count). The van der Waals surface area contributed by atoms with Crippen molar-refractivity contribution < 1.29 is 26.4 Å². The highest BCUT2D eigenvalue weighted by Gasteiger charge is 2.68. The maximum Gasteiger partial charge on any atom is 0.397 e. The molecule has 2 aliphatic rings. The Balaban J connectivity index is 2.43. The molecular weight excluding hydrogens is 319 g/mol. The van der Waals surface area contributed by atoms with E-state index in [1.54, 1.807) is 0 Å². The number of rotatable bonds is 1. The van der Waals surface area contributed by atoms with Gasteiger partial charge in [0.2, 0.25) is 5.91 Å². The lowest BCUT2D eigenvalue weighted by Gasteiger charge is -2.39. The van der Waals surface area contributed by atoms with Crippen LogP contribution in [0.1, 0.15) is 19.8 Å². The lowest BCUT2D eigenvalue weighted by atomic mass is 9.81. The normalized spacial score (nSPS) is 34.6. The van der Waals surface area contributed by atoms with E-state index in [0.29, 0.717) is 0 Å².